The minimum absolute atomic E-state index is 0.0179. The summed E-state index contributed by atoms with van der Waals surface area (Å²) < 4.78 is 63.6. The number of nitrogens with one attached hydrogen (secondary N) is 1. The van der Waals surface area contributed by atoms with Gasteiger partial charge in [-0.05, 0) is 35.4 Å². The summed E-state index contributed by atoms with van der Waals surface area (Å²) in [6.07, 6.45) is 1.09. The molecule has 0 atom stereocenters. The summed E-state index contributed by atoms with van der Waals surface area (Å²) in [4.78, 5) is 15.8. The van der Waals surface area contributed by atoms with Crippen molar-refractivity contribution >= 4 is 21.1 Å². The Morgan fingerprint density at radius 3 is 2.17 bits per heavy atom. The van der Waals surface area contributed by atoms with Gasteiger partial charge in [-0.25, -0.2) is 4.98 Å². The molecule has 0 spiro atoms. The van der Waals surface area contributed by atoms with Crippen molar-refractivity contribution in [1.82, 2.24) is 9.97 Å². The van der Waals surface area contributed by atoms with Crippen molar-refractivity contribution in [2.45, 2.75) is 4.90 Å². The van der Waals surface area contributed by atoms with Gasteiger partial charge in [-0.1, -0.05) is 31.6 Å². The molecule has 24 heavy (non-hydrogen) atoms. The molecule has 2 aromatic carbocycles. The molecule has 4 nitrogen and oxygen atoms in total. The molecule has 0 unspecified atom stereocenters. The molecule has 0 aliphatic carbocycles. The van der Waals surface area contributed by atoms with Gasteiger partial charge in [0, 0.05) is 0 Å². The van der Waals surface area contributed by atoms with Crippen LogP contribution in [-0.2, 0) is 0 Å². The molecule has 0 amide bonds. The van der Waals surface area contributed by atoms with E-state index >= 15 is 0 Å². The molecule has 0 radical (unpaired) electrons. The second kappa shape index (κ2) is 4.26. The SMILES string of the molecule is O=c1[nH]cnc2c(O)cc(-c3ccc(S(F)(F)(F)(F)F)cc3)cc12. The predicted octanol–water partition coefficient (Wildman–Crippen LogP) is 4.95. The first-order chi connectivity index (χ1) is 10.8. The van der Waals surface area contributed by atoms with E-state index < -0.39 is 20.7 Å². The van der Waals surface area contributed by atoms with Crippen molar-refractivity contribution in [2.24, 2.45) is 0 Å². The highest BCUT2D eigenvalue weighted by Gasteiger charge is 2.65. The van der Waals surface area contributed by atoms with Gasteiger partial charge in [0.25, 0.3) is 5.56 Å². The number of aromatic hydroxyl groups is 1. The molecule has 0 bridgehead atoms. The van der Waals surface area contributed by atoms with Gasteiger partial charge in [-0.15, -0.1) is 0 Å². The number of phenols is 1. The van der Waals surface area contributed by atoms with E-state index in [0.29, 0.717) is 0 Å². The average Bonchev–Trinajstić information content (AvgIpc) is 2.46. The highest BCUT2D eigenvalue weighted by Crippen LogP contribution is 3.02. The number of phenolic OH excluding ortho intramolecular Hbond substituents is 1. The topological polar surface area (TPSA) is 66.0 Å². The van der Waals surface area contributed by atoms with E-state index in [1.165, 1.54) is 12.1 Å². The number of hydrogen-bond acceptors (Lipinski definition) is 3. The minimum atomic E-state index is -9.74. The van der Waals surface area contributed by atoms with Crippen LogP contribution < -0.4 is 5.56 Å². The maximum atomic E-state index is 12.7. The lowest BCUT2D eigenvalue weighted by atomic mass is 10.0. The Balaban J connectivity index is 2.16. The molecule has 0 fully saturated rings. The summed E-state index contributed by atoms with van der Waals surface area (Å²) in [5, 5.41) is 9.91. The van der Waals surface area contributed by atoms with Gasteiger partial charge in [0.15, 0.2) is 0 Å². The molecule has 128 valence electrons. The van der Waals surface area contributed by atoms with Crippen molar-refractivity contribution < 1.29 is 24.5 Å². The molecular formula is C14H9F5N2O2S. The van der Waals surface area contributed by atoms with Gasteiger partial charge in [0.1, 0.15) is 16.2 Å². The van der Waals surface area contributed by atoms with Crippen LogP contribution in [0.2, 0.25) is 0 Å². The third-order valence-electron chi connectivity index (χ3n) is 3.36. The molecular weight excluding hydrogens is 355 g/mol. The standard InChI is InChI=1S/C14H9F5N2O2S/c15-24(16,17,18,19)10-3-1-8(2-4-10)9-5-11-13(12(22)6-9)20-7-21-14(11)23/h1-7,22H,(H,20,21,23). The third kappa shape index (κ3) is 2.92. The fourth-order valence-electron chi connectivity index (χ4n) is 2.23. The van der Waals surface area contributed by atoms with E-state index in [1.54, 1.807) is 0 Å². The fraction of sp³-hybridized carbons (Fsp3) is 0. The lowest BCUT2D eigenvalue weighted by Gasteiger charge is -2.40. The number of H-pyrrole nitrogens is 1. The van der Waals surface area contributed by atoms with Crippen LogP contribution in [0.15, 0.2) is 52.4 Å². The molecule has 0 saturated heterocycles. The van der Waals surface area contributed by atoms with E-state index in [0.717, 1.165) is 18.5 Å². The van der Waals surface area contributed by atoms with Crippen molar-refractivity contribution in [3.63, 3.8) is 0 Å². The van der Waals surface area contributed by atoms with Gasteiger partial charge in [0.05, 0.1) is 11.7 Å². The number of hydrogen-bond donors (Lipinski definition) is 2. The van der Waals surface area contributed by atoms with Gasteiger partial charge in [-0.2, -0.15) is 0 Å². The lowest BCUT2D eigenvalue weighted by molar-refractivity contribution is 0.364. The zero-order valence-electron chi connectivity index (χ0n) is 11.6. The Kier molecular flexibility index (Phi) is 2.88. The molecule has 0 aliphatic rings. The Labute approximate surface area is 131 Å². The monoisotopic (exact) mass is 364 g/mol. The molecule has 2 N–H and O–H groups in total. The number of nitrogens with zero attached hydrogens (tertiary/aromatic N) is 1. The third-order valence-corrected chi connectivity index (χ3v) is 4.52. The smallest absolute Gasteiger partial charge is 0.310 e. The first-order valence-corrected chi connectivity index (χ1v) is 8.35. The Morgan fingerprint density at radius 2 is 1.58 bits per heavy atom. The van der Waals surface area contributed by atoms with Gasteiger partial charge >= 0.3 is 10.2 Å². The van der Waals surface area contributed by atoms with E-state index in [9.17, 15) is 29.3 Å². The van der Waals surface area contributed by atoms with Crippen LogP contribution in [0.1, 0.15) is 0 Å². The normalized spacial score (nSPS) is 15.0. The van der Waals surface area contributed by atoms with Crippen LogP contribution >= 0.6 is 10.2 Å². The van der Waals surface area contributed by atoms with Gasteiger partial charge in [0.2, 0.25) is 0 Å². The van der Waals surface area contributed by atoms with Crippen LogP contribution in [0.3, 0.4) is 0 Å². The minimum Gasteiger partial charge on any atom is -0.506 e. The Morgan fingerprint density at radius 1 is 0.958 bits per heavy atom. The summed E-state index contributed by atoms with van der Waals surface area (Å²) in [6, 6.07) is 4.72. The molecule has 1 heterocycles. The second-order valence-electron chi connectivity index (χ2n) is 5.12. The Hall–Kier alpha value is -2.62. The molecule has 1 aromatic heterocycles. The number of fused-ring (bicyclic) bond motifs is 1. The number of aromatic nitrogens is 2. The highest BCUT2D eigenvalue weighted by molar-refractivity contribution is 8.45. The fourth-order valence-corrected chi connectivity index (χ4v) is 2.88. The lowest BCUT2D eigenvalue weighted by Crippen LogP contribution is -2.06. The van der Waals surface area contributed by atoms with Crippen molar-refractivity contribution in [2.75, 3.05) is 0 Å². The van der Waals surface area contributed by atoms with Crippen LogP contribution in [0, 0.1) is 0 Å². The van der Waals surface area contributed by atoms with Crippen molar-refractivity contribution in [3.8, 4) is 16.9 Å². The molecule has 3 aromatic rings. The summed E-state index contributed by atoms with van der Waals surface area (Å²) in [5.74, 6) is -0.356. The summed E-state index contributed by atoms with van der Waals surface area (Å²) in [6.45, 7) is 0. The number of aromatic amines is 1. The van der Waals surface area contributed by atoms with E-state index in [4.69, 9.17) is 0 Å². The largest absolute Gasteiger partial charge is 0.506 e. The summed E-state index contributed by atoms with van der Waals surface area (Å²) in [5.41, 5.74) is -0.222. The van der Waals surface area contributed by atoms with Gasteiger partial charge < -0.3 is 10.1 Å². The first kappa shape index (κ1) is 16.2. The molecule has 0 aliphatic heterocycles. The number of halogens is 5. The van der Waals surface area contributed by atoms with E-state index in [2.05, 4.69) is 9.97 Å². The van der Waals surface area contributed by atoms with Crippen molar-refractivity contribution in [1.29, 1.82) is 0 Å². The van der Waals surface area contributed by atoms with Crippen LogP contribution in [0.25, 0.3) is 22.0 Å². The average molecular weight is 364 g/mol. The Bertz CT molecular complexity index is 1010. The quantitative estimate of drug-likeness (QED) is 0.632. The molecule has 0 saturated carbocycles. The maximum Gasteiger partial charge on any atom is 0.310 e. The van der Waals surface area contributed by atoms with Crippen LogP contribution in [0.4, 0.5) is 19.4 Å². The van der Waals surface area contributed by atoms with E-state index in [-0.39, 0.29) is 39.9 Å². The zero-order valence-corrected chi connectivity index (χ0v) is 12.5. The predicted molar refractivity (Wildman–Crippen MR) is 80.9 cm³/mol. The van der Waals surface area contributed by atoms with Crippen LogP contribution in [0.5, 0.6) is 5.75 Å². The maximum absolute atomic E-state index is 12.7. The first-order valence-electron chi connectivity index (χ1n) is 6.40. The number of benzene rings is 2. The van der Waals surface area contributed by atoms with E-state index in [1.807, 2.05) is 0 Å². The highest BCUT2D eigenvalue weighted by atomic mass is 32.5. The summed E-state index contributed by atoms with van der Waals surface area (Å²) in [7, 11) is -9.74. The molecule has 10 heteroatoms. The van der Waals surface area contributed by atoms with Gasteiger partial charge in [-0.3, -0.25) is 4.79 Å². The molecule has 3 rings (SSSR count). The van der Waals surface area contributed by atoms with Crippen molar-refractivity contribution in [3.05, 3.63) is 53.1 Å². The van der Waals surface area contributed by atoms with Crippen LogP contribution in [-0.4, -0.2) is 15.1 Å². The second-order valence-corrected chi connectivity index (χ2v) is 7.53. The zero-order chi connectivity index (χ0) is 17.8. The summed E-state index contributed by atoms with van der Waals surface area (Å²) >= 11 is 0. The number of rotatable bonds is 2.